The van der Waals surface area contributed by atoms with Gasteiger partial charge < -0.3 is 10.2 Å². The maximum Gasteiger partial charge on any atom is 0.255 e. The van der Waals surface area contributed by atoms with E-state index in [-0.39, 0.29) is 17.1 Å². The average molecular weight is 333 g/mol. The number of carbonyl (C=O) groups is 2. The molecule has 1 amide bonds. The molecule has 25 heavy (non-hydrogen) atoms. The highest BCUT2D eigenvalue weighted by Gasteiger charge is 2.40. The second-order valence-electron chi connectivity index (χ2n) is 7.27. The average Bonchev–Trinajstić information content (AvgIpc) is 2.86. The number of aliphatic imine (C=N–C) groups is 1. The number of Topliss-reactive ketones (excluding diaryl/α,β-unsaturated/α-hetero) is 1. The molecule has 2 aliphatic rings. The molecule has 0 aliphatic carbocycles. The van der Waals surface area contributed by atoms with Gasteiger partial charge in [0, 0.05) is 29.8 Å². The first kappa shape index (κ1) is 15.6. The highest BCUT2D eigenvalue weighted by atomic mass is 16.1. The number of rotatable bonds is 2. The first-order valence-electron chi connectivity index (χ1n) is 8.32. The van der Waals surface area contributed by atoms with Crippen LogP contribution in [-0.2, 0) is 0 Å². The maximum absolute atomic E-state index is 12.7. The van der Waals surface area contributed by atoms with Gasteiger partial charge in [-0.25, -0.2) is 0 Å². The van der Waals surface area contributed by atoms with Gasteiger partial charge in [-0.2, -0.15) is 0 Å². The van der Waals surface area contributed by atoms with Crippen LogP contribution in [0, 0.1) is 5.41 Å². The van der Waals surface area contributed by atoms with Gasteiger partial charge in [0.25, 0.3) is 5.91 Å². The van der Waals surface area contributed by atoms with Crippen LogP contribution in [0.1, 0.15) is 34.6 Å². The lowest BCUT2D eigenvalue weighted by Crippen LogP contribution is -2.44. The fourth-order valence-corrected chi connectivity index (χ4v) is 3.26. The van der Waals surface area contributed by atoms with E-state index in [0.29, 0.717) is 23.5 Å². The fourth-order valence-electron chi connectivity index (χ4n) is 3.26. The number of nitrogens with zero attached hydrogens (tertiary/aromatic N) is 2. The summed E-state index contributed by atoms with van der Waals surface area (Å²) in [6.07, 6.45) is 0. The van der Waals surface area contributed by atoms with Crippen LogP contribution in [0.5, 0.6) is 0 Å². The number of carbonyl (C=O) groups excluding carboxylic acids is 2. The van der Waals surface area contributed by atoms with E-state index in [2.05, 4.69) is 24.2 Å². The first-order valence-corrected chi connectivity index (χ1v) is 8.32. The molecule has 0 fully saturated rings. The van der Waals surface area contributed by atoms with Crippen LogP contribution >= 0.6 is 0 Å². The standard InChI is InChI=1S/C20H19N3O2/c1-20(2)11-21-18-17(24)15-10-13(8-9-16(15)23(18)12-20)19(25)22-14-6-4-3-5-7-14/h3-10H,11-12H2,1-2H3,(H,22,25). The van der Waals surface area contributed by atoms with Gasteiger partial charge >= 0.3 is 0 Å². The summed E-state index contributed by atoms with van der Waals surface area (Å²) in [4.78, 5) is 31.6. The van der Waals surface area contributed by atoms with Crippen molar-refractivity contribution in [1.29, 1.82) is 0 Å². The minimum atomic E-state index is -0.228. The molecule has 0 bridgehead atoms. The van der Waals surface area contributed by atoms with Gasteiger partial charge in [0.2, 0.25) is 5.78 Å². The Bertz CT molecular complexity index is 900. The van der Waals surface area contributed by atoms with Crippen molar-refractivity contribution >= 4 is 28.9 Å². The Labute approximate surface area is 146 Å². The maximum atomic E-state index is 12.7. The summed E-state index contributed by atoms with van der Waals surface area (Å²) in [5.74, 6) is 0.170. The third-order valence-corrected chi connectivity index (χ3v) is 4.53. The molecule has 0 saturated heterocycles. The number of para-hydroxylation sites is 1. The smallest absolute Gasteiger partial charge is 0.255 e. The minimum absolute atomic E-state index is 0.0226. The van der Waals surface area contributed by atoms with E-state index >= 15 is 0 Å². The van der Waals surface area contributed by atoms with Crippen molar-refractivity contribution in [2.75, 3.05) is 23.3 Å². The van der Waals surface area contributed by atoms with Gasteiger partial charge in [0.05, 0.1) is 11.3 Å². The fraction of sp³-hybridized carbons (Fsp3) is 0.250. The Hall–Kier alpha value is -2.95. The van der Waals surface area contributed by atoms with E-state index in [1.54, 1.807) is 12.1 Å². The molecule has 0 radical (unpaired) electrons. The molecule has 5 heteroatoms. The molecule has 0 atom stereocenters. The summed E-state index contributed by atoms with van der Waals surface area (Å²) in [7, 11) is 0. The van der Waals surface area contributed by atoms with Crippen molar-refractivity contribution in [2.24, 2.45) is 10.4 Å². The molecule has 2 aliphatic heterocycles. The zero-order chi connectivity index (χ0) is 17.6. The van der Waals surface area contributed by atoms with Gasteiger partial charge in [0.1, 0.15) is 0 Å². The Morgan fingerprint density at radius 3 is 2.68 bits per heavy atom. The van der Waals surface area contributed by atoms with E-state index in [1.165, 1.54) is 0 Å². The van der Waals surface area contributed by atoms with Crippen LogP contribution in [0.15, 0.2) is 53.5 Å². The SMILES string of the molecule is CC1(C)CN=C2C(=O)c3cc(C(=O)Nc4ccccc4)ccc3N2C1. The number of hydrogen-bond acceptors (Lipinski definition) is 4. The predicted octanol–water partition coefficient (Wildman–Crippen LogP) is 3.38. The van der Waals surface area contributed by atoms with E-state index in [0.717, 1.165) is 17.9 Å². The molecule has 5 nitrogen and oxygen atoms in total. The summed E-state index contributed by atoms with van der Waals surface area (Å²) < 4.78 is 0. The monoisotopic (exact) mass is 333 g/mol. The van der Waals surface area contributed by atoms with E-state index < -0.39 is 0 Å². The lowest BCUT2D eigenvalue weighted by atomic mass is 9.91. The number of hydrogen-bond donors (Lipinski definition) is 1. The third-order valence-electron chi connectivity index (χ3n) is 4.53. The number of benzene rings is 2. The van der Waals surface area contributed by atoms with Crippen molar-refractivity contribution in [3.63, 3.8) is 0 Å². The molecule has 2 aromatic carbocycles. The Kier molecular flexibility index (Phi) is 3.46. The molecule has 2 heterocycles. The van der Waals surface area contributed by atoms with Crippen molar-refractivity contribution in [2.45, 2.75) is 13.8 Å². The number of amidine groups is 1. The Balaban J connectivity index is 1.65. The highest BCUT2D eigenvalue weighted by Crippen LogP contribution is 2.36. The molecular formula is C20H19N3O2. The number of amides is 1. The summed E-state index contributed by atoms with van der Waals surface area (Å²) in [5, 5.41) is 2.85. The second-order valence-corrected chi connectivity index (χ2v) is 7.27. The summed E-state index contributed by atoms with van der Waals surface area (Å²) in [6.45, 7) is 5.66. The number of nitrogens with one attached hydrogen (secondary N) is 1. The molecule has 0 aromatic heterocycles. The van der Waals surface area contributed by atoms with E-state index in [1.807, 2.05) is 41.3 Å². The zero-order valence-corrected chi connectivity index (χ0v) is 14.2. The normalized spacial score (nSPS) is 17.6. The van der Waals surface area contributed by atoms with Crippen LogP contribution in [0.4, 0.5) is 11.4 Å². The molecule has 0 spiro atoms. The summed E-state index contributed by atoms with van der Waals surface area (Å²) >= 11 is 0. The molecule has 1 N–H and O–H groups in total. The molecule has 0 unspecified atom stereocenters. The molecule has 0 saturated carbocycles. The topological polar surface area (TPSA) is 61.8 Å². The van der Waals surface area contributed by atoms with Crippen molar-refractivity contribution in [1.82, 2.24) is 0 Å². The Morgan fingerprint density at radius 2 is 1.92 bits per heavy atom. The Morgan fingerprint density at radius 1 is 1.16 bits per heavy atom. The number of ketones is 1. The summed E-state index contributed by atoms with van der Waals surface area (Å²) in [5.41, 5.74) is 2.61. The van der Waals surface area contributed by atoms with Gasteiger partial charge in [-0.1, -0.05) is 32.0 Å². The van der Waals surface area contributed by atoms with Crippen molar-refractivity contribution < 1.29 is 9.59 Å². The van der Waals surface area contributed by atoms with Crippen LogP contribution in [0.3, 0.4) is 0 Å². The van der Waals surface area contributed by atoms with E-state index in [9.17, 15) is 9.59 Å². The quantitative estimate of drug-likeness (QED) is 0.916. The zero-order valence-electron chi connectivity index (χ0n) is 14.2. The van der Waals surface area contributed by atoms with Crippen molar-refractivity contribution in [3.8, 4) is 0 Å². The highest BCUT2D eigenvalue weighted by molar-refractivity contribution is 6.54. The predicted molar refractivity (Wildman–Crippen MR) is 98.6 cm³/mol. The van der Waals surface area contributed by atoms with Crippen LogP contribution < -0.4 is 10.2 Å². The van der Waals surface area contributed by atoms with Gasteiger partial charge in [-0.3, -0.25) is 14.6 Å². The molecule has 126 valence electrons. The van der Waals surface area contributed by atoms with Crippen LogP contribution in [-0.4, -0.2) is 30.6 Å². The van der Waals surface area contributed by atoms with Crippen LogP contribution in [0.25, 0.3) is 0 Å². The first-order chi connectivity index (χ1) is 11.9. The largest absolute Gasteiger partial charge is 0.322 e. The number of anilines is 2. The second kappa shape index (κ2) is 5.55. The van der Waals surface area contributed by atoms with Gasteiger partial charge in [0.15, 0.2) is 5.84 Å². The van der Waals surface area contributed by atoms with Crippen molar-refractivity contribution in [3.05, 3.63) is 59.7 Å². The molecular weight excluding hydrogens is 314 g/mol. The number of fused-ring (bicyclic) bond motifs is 3. The third kappa shape index (κ3) is 2.71. The molecule has 4 rings (SSSR count). The molecule has 2 aromatic rings. The lowest BCUT2D eigenvalue weighted by Gasteiger charge is -2.34. The minimum Gasteiger partial charge on any atom is -0.322 e. The summed E-state index contributed by atoms with van der Waals surface area (Å²) in [6, 6.07) is 14.5. The van der Waals surface area contributed by atoms with E-state index in [4.69, 9.17) is 0 Å². The van der Waals surface area contributed by atoms with Crippen LogP contribution in [0.2, 0.25) is 0 Å². The van der Waals surface area contributed by atoms with Gasteiger partial charge in [-0.05, 0) is 30.3 Å². The lowest BCUT2D eigenvalue weighted by molar-refractivity contribution is 0.102. The van der Waals surface area contributed by atoms with Gasteiger partial charge in [-0.15, -0.1) is 0 Å².